The molecule has 0 heteroatoms. The van der Waals surface area contributed by atoms with Gasteiger partial charge in [-0.1, -0.05) is 153 Å². The fraction of sp³-hybridized carbons (Fsp3) is 0.647. The smallest absolute Gasteiger partial charge is 0.0146 e. The maximum atomic E-state index is 2.31. The molecular formula is C34H58. The molecule has 0 heterocycles. The summed E-state index contributed by atoms with van der Waals surface area (Å²) >= 11 is 0. The summed E-state index contributed by atoms with van der Waals surface area (Å²) in [6, 6.07) is 18.3. The van der Waals surface area contributed by atoms with E-state index in [0.29, 0.717) is 10.8 Å². The van der Waals surface area contributed by atoms with Gasteiger partial charge in [0, 0.05) is 5.41 Å². The van der Waals surface area contributed by atoms with Crippen molar-refractivity contribution in [2.24, 2.45) is 10.8 Å². The molecule has 0 nitrogen and oxygen atoms in total. The second kappa shape index (κ2) is 11.5. The minimum absolute atomic E-state index is 0. The molecule has 194 valence electrons. The van der Waals surface area contributed by atoms with Crippen molar-refractivity contribution < 1.29 is 0 Å². The van der Waals surface area contributed by atoms with E-state index in [-0.39, 0.29) is 23.7 Å². The Hall–Kier alpha value is -1.56. The van der Waals surface area contributed by atoms with E-state index in [2.05, 4.69) is 145 Å². The summed E-state index contributed by atoms with van der Waals surface area (Å²) in [6.45, 7) is 32.0. The van der Waals surface area contributed by atoms with E-state index < -0.39 is 0 Å². The molecule has 0 bridgehead atoms. The summed E-state index contributed by atoms with van der Waals surface area (Å²) in [5.74, 6) is 0. The van der Waals surface area contributed by atoms with E-state index in [9.17, 15) is 0 Å². The third-order valence-corrected chi connectivity index (χ3v) is 6.57. The molecule has 0 unspecified atom stereocenters. The largest absolute Gasteiger partial charge is 0.0776 e. The van der Waals surface area contributed by atoms with Gasteiger partial charge in [-0.2, -0.15) is 0 Å². The number of hydrogen-bond donors (Lipinski definition) is 0. The quantitative estimate of drug-likeness (QED) is 0.422. The zero-order valence-corrected chi connectivity index (χ0v) is 24.5. The molecular weight excluding hydrogens is 408 g/mol. The fourth-order valence-electron chi connectivity index (χ4n) is 3.69. The zero-order valence-electron chi connectivity index (χ0n) is 24.5. The number of rotatable bonds is 3. The summed E-state index contributed by atoms with van der Waals surface area (Å²) in [7, 11) is 0. The van der Waals surface area contributed by atoms with Crippen LogP contribution in [0.3, 0.4) is 0 Å². The molecule has 2 aromatic carbocycles. The highest BCUT2D eigenvalue weighted by atomic mass is 14.3. The van der Waals surface area contributed by atoms with Gasteiger partial charge in [0.25, 0.3) is 0 Å². The Morgan fingerprint density at radius 1 is 0.382 bits per heavy atom. The highest BCUT2D eigenvalue weighted by Gasteiger charge is 2.25. The van der Waals surface area contributed by atoms with Crippen molar-refractivity contribution in [2.75, 3.05) is 0 Å². The maximum absolute atomic E-state index is 2.31. The predicted octanol–water partition coefficient (Wildman–Crippen LogP) is 11.1. The fourth-order valence-corrected chi connectivity index (χ4v) is 3.69. The van der Waals surface area contributed by atoms with Crippen LogP contribution in [0.25, 0.3) is 0 Å². The van der Waals surface area contributed by atoms with Gasteiger partial charge in [-0.3, -0.25) is 0 Å². The van der Waals surface area contributed by atoms with Crippen LogP contribution >= 0.6 is 0 Å². The lowest BCUT2D eigenvalue weighted by Gasteiger charge is -2.28. The van der Waals surface area contributed by atoms with E-state index in [1.165, 1.54) is 35.1 Å². The average molecular weight is 467 g/mol. The molecule has 34 heavy (non-hydrogen) atoms. The van der Waals surface area contributed by atoms with Gasteiger partial charge in [0.2, 0.25) is 0 Å². The molecule has 0 N–H and O–H groups in total. The third kappa shape index (κ3) is 10.8. The van der Waals surface area contributed by atoms with Crippen molar-refractivity contribution in [3.05, 3.63) is 70.8 Å². The summed E-state index contributed by atoms with van der Waals surface area (Å²) in [5, 5.41) is 0. The third-order valence-electron chi connectivity index (χ3n) is 6.57. The van der Waals surface area contributed by atoms with Crippen LogP contribution < -0.4 is 0 Å². The van der Waals surface area contributed by atoms with Crippen molar-refractivity contribution in [3.63, 3.8) is 0 Å². The first-order valence-corrected chi connectivity index (χ1v) is 12.8. The Morgan fingerprint density at radius 3 is 0.765 bits per heavy atom. The summed E-state index contributed by atoms with van der Waals surface area (Å²) in [4.78, 5) is 0. The Morgan fingerprint density at radius 2 is 0.588 bits per heavy atom. The lowest BCUT2D eigenvalue weighted by molar-refractivity contribution is 0.275. The molecule has 0 amide bonds. The van der Waals surface area contributed by atoms with Crippen molar-refractivity contribution in [3.8, 4) is 0 Å². The molecule has 0 aliphatic rings. The second-order valence-electron chi connectivity index (χ2n) is 14.9. The minimum Gasteiger partial charge on any atom is -0.0776 e. The van der Waals surface area contributed by atoms with Crippen LogP contribution in [0, 0.1) is 10.8 Å². The maximum Gasteiger partial charge on any atom is 0.0146 e. The van der Waals surface area contributed by atoms with E-state index in [0.717, 1.165) is 0 Å². The highest BCUT2D eigenvalue weighted by Crippen LogP contribution is 2.34. The summed E-state index contributed by atoms with van der Waals surface area (Å²) in [6.07, 6.45) is 2.66. The predicted molar refractivity (Wildman–Crippen MR) is 157 cm³/mol. The SMILES string of the molecule is C.CC(C)(C)CCC(C)(C)C.CC(C)(C)c1ccc(C(C)(C)c2ccc(C(C)(C)C)cc2)cc1. The average Bonchev–Trinajstić information content (AvgIpc) is 2.65. The van der Waals surface area contributed by atoms with Gasteiger partial charge in [-0.15, -0.1) is 0 Å². The van der Waals surface area contributed by atoms with Crippen LogP contribution in [-0.2, 0) is 16.2 Å². The van der Waals surface area contributed by atoms with Crippen molar-refractivity contribution in [1.82, 2.24) is 0 Å². The standard InChI is InChI=1S/C23H32.C10H22.CH4/c1-21(2,3)17-9-13-19(14-10-17)23(7,8)20-15-11-18(12-16-20)22(4,5)6;1-9(2,3)7-8-10(4,5)6;/h9-16H,1-8H3;7-8H2,1-6H3;1H4. The molecule has 0 saturated heterocycles. The monoisotopic (exact) mass is 466 g/mol. The topological polar surface area (TPSA) is 0 Å². The van der Waals surface area contributed by atoms with Crippen LogP contribution in [0.2, 0.25) is 0 Å². The molecule has 0 fully saturated rings. The summed E-state index contributed by atoms with van der Waals surface area (Å²) < 4.78 is 0. The van der Waals surface area contributed by atoms with Gasteiger partial charge in [-0.05, 0) is 56.8 Å². The van der Waals surface area contributed by atoms with E-state index in [1.807, 2.05) is 0 Å². The van der Waals surface area contributed by atoms with E-state index >= 15 is 0 Å². The molecule has 0 aromatic heterocycles. The van der Waals surface area contributed by atoms with E-state index in [1.54, 1.807) is 0 Å². The number of hydrogen-bond acceptors (Lipinski definition) is 0. The first-order valence-electron chi connectivity index (χ1n) is 12.8. The Bertz CT molecular complexity index is 760. The molecule has 0 aliphatic carbocycles. The highest BCUT2D eigenvalue weighted by molar-refractivity contribution is 5.41. The van der Waals surface area contributed by atoms with Crippen molar-refractivity contribution in [1.29, 1.82) is 0 Å². The van der Waals surface area contributed by atoms with Gasteiger partial charge in [0.1, 0.15) is 0 Å². The van der Waals surface area contributed by atoms with Crippen LogP contribution in [0.4, 0.5) is 0 Å². The van der Waals surface area contributed by atoms with Gasteiger partial charge < -0.3 is 0 Å². The lowest BCUT2D eigenvalue weighted by atomic mass is 9.75. The van der Waals surface area contributed by atoms with Crippen LogP contribution in [0.1, 0.15) is 139 Å². The normalized spacial score (nSPS) is 13.0. The van der Waals surface area contributed by atoms with Gasteiger partial charge in [0.15, 0.2) is 0 Å². The van der Waals surface area contributed by atoms with E-state index in [4.69, 9.17) is 0 Å². The van der Waals surface area contributed by atoms with Crippen molar-refractivity contribution in [2.45, 2.75) is 133 Å². The molecule has 2 rings (SSSR count). The first kappa shape index (κ1) is 32.4. The Balaban J connectivity index is 0.000000844. The lowest BCUT2D eigenvalue weighted by Crippen LogP contribution is -2.20. The minimum atomic E-state index is 0. The van der Waals surface area contributed by atoms with Gasteiger partial charge in [-0.25, -0.2) is 0 Å². The second-order valence-corrected chi connectivity index (χ2v) is 14.9. The van der Waals surface area contributed by atoms with Gasteiger partial charge in [0.05, 0.1) is 0 Å². The van der Waals surface area contributed by atoms with Gasteiger partial charge >= 0.3 is 0 Å². The molecule has 0 radical (unpaired) electrons. The number of benzene rings is 2. The zero-order chi connectivity index (χ0) is 25.9. The Kier molecular flexibility index (Phi) is 10.9. The van der Waals surface area contributed by atoms with Crippen LogP contribution in [0.5, 0.6) is 0 Å². The summed E-state index contributed by atoms with van der Waals surface area (Å²) in [5.41, 5.74) is 6.96. The molecule has 2 aromatic rings. The molecule has 0 spiro atoms. The first-order chi connectivity index (χ1) is 14.6. The van der Waals surface area contributed by atoms with Crippen LogP contribution in [0.15, 0.2) is 48.5 Å². The Labute approximate surface area is 215 Å². The van der Waals surface area contributed by atoms with Crippen LogP contribution in [-0.4, -0.2) is 0 Å². The molecule has 0 aliphatic heterocycles. The molecule has 0 atom stereocenters. The van der Waals surface area contributed by atoms with Crippen molar-refractivity contribution >= 4 is 0 Å². The molecule has 0 saturated carbocycles.